The predicted octanol–water partition coefficient (Wildman–Crippen LogP) is -0.381. The lowest BCUT2D eigenvalue weighted by molar-refractivity contribution is -0.140. The molecular weight excluding hydrogens is 646 g/mol. The summed E-state index contributed by atoms with van der Waals surface area (Å²) in [7, 11) is 0. The number of aliphatic hydroxyl groups excluding tert-OH is 2. The summed E-state index contributed by atoms with van der Waals surface area (Å²) >= 11 is 0. The summed E-state index contributed by atoms with van der Waals surface area (Å²) in [5, 5.41) is 41.4. The van der Waals surface area contributed by atoms with Gasteiger partial charge in [-0.1, -0.05) is 6.92 Å². The second-order valence-electron chi connectivity index (χ2n) is 9.59. The van der Waals surface area contributed by atoms with Crippen molar-refractivity contribution in [1.82, 2.24) is 0 Å². The minimum absolute atomic E-state index is 0.00463. The van der Waals surface area contributed by atoms with Crippen molar-refractivity contribution in [2.24, 2.45) is 5.73 Å². The zero-order valence-corrected chi connectivity index (χ0v) is 27.9. The number of carboxylic acid groups (broad SMARTS) is 3. The molecule has 0 spiro atoms. The lowest BCUT2D eigenvalue weighted by atomic mass is 10.1. The predicted molar refractivity (Wildman–Crippen MR) is 165 cm³/mol. The summed E-state index contributed by atoms with van der Waals surface area (Å²) < 4.78 is 0. The second-order valence-corrected chi connectivity index (χ2v) is 9.59. The maximum absolute atomic E-state index is 10.6. The monoisotopic (exact) mass is 693 g/mol. The average Bonchev–Trinajstić information content (AvgIpc) is 2.99. The number of nitrogens with two attached hydrogens (primary N) is 1. The number of Topliss-reactive ketones (excluding diaryl/α,β-unsaturated/α-hetero) is 9. The van der Waals surface area contributed by atoms with Gasteiger partial charge in [0, 0.05) is 59.3 Å². The summed E-state index contributed by atoms with van der Waals surface area (Å²) in [5.74, 6) is -6.90. The zero-order chi connectivity index (χ0) is 39.2. The molecule has 0 aromatic heterocycles. The molecule has 0 aromatic rings. The lowest BCUT2D eigenvalue weighted by Crippen LogP contribution is -2.28. The van der Waals surface area contributed by atoms with E-state index in [0.717, 1.165) is 13.8 Å². The molecule has 0 aliphatic carbocycles. The van der Waals surface area contributed by atoms with Crippen molar-refractivity contribution in [1.29, 1.82) is 0 Å². The van der Waals surface area contributed by atoms with E-state index in [-0.39, 0.29) is 74.5 Å². The van der Waals surface area contributed by atoms with Crippen LogP contribution in [0.3, 0.4) is 0 Å². The molecular formula is C30H47NO17. The number of ketones is 9. The highest BCUT2D eigenvalue weighted by molar-refractivity contribution is 6.37. The molecule has 18 nitrogen and oxygen atoms in total. The van der Waals surface area contributed by atoms with Crippen LogP contribution in [0, 0.1) is 0 Å². The van der Waals surface area contributed by atoms with Crippen LogP contribution in [0.15, 0.2) is 0 Å². The third-order valence-electron chi connectivity index (χ3n) is 5.16. The van der Waals surface area contributed by atoms with Crippen LogP contribution in [-0.2, 0) is 57.5 Å². The number of carbonyl (C=O) groups excluding carboxylic acids is 9. The van der Waals surface area contributed by atoms with Gasteiger partial charge in [-0.25, -0.2) is 0 Å². The molecule has 0 aliphatic heterocycles. The molecule has 0 saturated heterocycles. The van der Waals surface area contributed by atoms with Crippen molar-refractivity contribution in [3.63, 3.8) is 0 Å². The van der Waals surface area contributed by atoms with Crippen LogP contribution in [0.5, 0.6) is 0 Å². The van der Waals surface area contributed by atoms with E-state index in [2.05, 4.69) is 0 Å². The van der Waals surface area contributed by atoms with Crippen molar-refractivity contribution in [3.05, 3.63) is 0 Å². The highest BCUT2D eigenvalue weighted by Crippen LogP contribution is 1.97. The Morgan fingerprint density at radius 2 is 0.875 bits per heavy atom. The number of carboxylic acids is 3. The molecule has 18 heteroatoms. The average molecular weight is 694 g/mol. The maximum atomic E-state index is 10.6. The van der Waals surface area contributed by atoms with E-state index in [1.54, 1.807) is 6.92 Å². The largest absolute Gasteiger partial charge is 0.481 e. The molecule has 0 amide bonds. The highest BCUT2D eigenvalue weighted by Gasteiger charge is 2.12. The highest BCUT2D eigenvalue weighted by atomic mass is 16.4. The van der Waals surface area contributed by atoms with Gasteiger partial charge >= 0.3 is 17.9 Å². The van der Waals surface area contributed by atoms with Crippen LogP contribution >= 0.6 is 0 Å². The van der Waals surface area contributed by atoms with Gasteiger partial charge in [-0.3, -0.25) is 57.5 Å². The van der Waals surface area contributed by atoms with Crippen LogP contribution in [0.2, 0.25) is 0 Å². The molecule has 274 valence electrons. The third-order valence-corrected chi connectivity index (χ3v) is 5.16. The van der Waals surface area contributed by atoms with Gasteiger partial charge in [-0.15, -0.1) is 0 Å². The minimum atomic E-state index is -1.11. The van der Waals surface area contributed by atoms with Gasteiger partial charge in [0.15, 0.2) is 46.3 Å². The first kappa shape index (κ1) is 52.8. The SMILES string of the molecule is CC(=O)C(=O)CCC(=O)CO.CC(=O)C(=O)CCC(=O)O.CC(=O)C(N)CCC(=O)O.CC(=O)C(O)CCC(=O)O.CCC(=O)C(C)=O. The number of hydrogen-bond donors (Lipinski definition) is 6. The Kier molecular flexibility index (Phi) is 35.5. The fraction of sp³-hybridized carbons (Fsp3) is 0.600. The van der Waals surface area contributed by atoms with Crippen LogP contribution in [-0.4, -0.2) is 114 Å². The van der Waals surface area contributed by atoms with Crippen LogP contribution in [0.4, 0.5) is 0 Å². The number of hydrogen-bond acceptors (Lipinski definition) is 15. The molecule has 0 saturated carbocycles. The van der Waals surface area contributed by atoms with Gasteiger partial charge < -0.3 is 31.3 Å². The van der Waals surface area contributed by atoms with Gasteiger partial charge in [-0.2, -0.15) is 0 Å². The molecule has 0 heterocycles. The molecule has 0 fully saturated rings. The first-order chi connectivity index (χ1) is 21.9. The molecule has 2 unspecified atom stereocenters. The lowest BCUT2D eigenvalue weighted by Gasteiger charge is -2.03. The minimum Gasteiger partial charge on any atom is -0.481 e. The summed E-state index contributed by atoms with van der Waals surface area (Å²) in [6, 6.07) is -0.615. The fourth-order valence-corrected chi connectivity index (χ4v) is 2.10. The Morgan fingerprint density at radius 3 is 1.12 bits per heavy atom. The van der Waals surface area contributed by atoms with Gasteiger partial charge in [0.25, 0.3) is 0 Å². The molecule has 7 N–H and O–H groups in total. The Morgan fingerprint density at radius 1 is 0.521 bits per heavy atom. The van der Waals surface area contributed by atoms with Crippen molar-refractivity contribution in [2.75, 3.05) is 6.61 Å². The quantitative estimate of drug-likeness (QED) is 0.0938. The van der Waals surface area contributed by atoms with Gasteiger partial charge in [0.05, 0.1) is 12.5 Å². The number of rotatable bonds is 19. The number of aliphatic hydroxyl groups is 2. The Bertz CT molecular complexity index is 1110. The van der Waals surface area contributed by atoms with Crippen LogP contribution < -0.4 is 5.73 Å². The maximum Gasteiger partial charge on any atom is 0.303 e. The van der Waals surface area contributed by atoms with Crippen molar-refractivity contribution < 1.29 is 83.1 Å². The summed E-state index contributed by atoms with van der Waals surface area (Å²) in [5.41, 5.74) is 5.25. The Labute approximate surface area is 277 Å². The van der Waals surface area contributed by atoms with E-state index in [4.69, 9.17) is 31.3 Å². The first-order valence-corrected chi connectivity index (χ1v) is 14.2. The van der Waals surface area contributed by atoms with Crippen LogP contribution in [0.1, 0.15) is 99.3 Å². The number of carbonyl (C=O) groups is 12. The normalized spacial score (nSPS) is 10.4. The van der Waals surface area contributed by atoms with Crippen molar-refractivity contribution in [2.45, 2.75) is 111 Å². The Hall–Kier alpha value is -4.68. The van der Waals surface area contributed by atoms with Crippen molar-refractivity contribution in [3.8, 4) is 0 Å². The fourth-order valence-electron chi connectivity index (χ4n) is 2.10. The molecule has 0 rings (SSSR count). The van der Waals surface area contributed by atoms with E-state index < -0.39 is 65.6 Å². The molecule has 2 atom stereocenters. The second kappa shape index (κ2) is 32.3. The van der Waals surface area contributed by atoms with E-state index in [1.807, 2.05) is 0 Å². The van der Waals surface area contributed by atoms with E-state index in [0.29, 0.717) is 6.42 Å². The molecule has 0 bridgehead atoms. The topological polar surface area (TPSA) is 332 Å². The number of aliphatic carboxylic acids is 3. The zero-order valence-electron chi connectivity index (χ0n) is 27.9. The summed E-state index contributed by atoms with van der Waals surface area (Å²) in [6.45, 7) is 7.26. The van der Waals surface area contributed by atoms with Gasteiger partial charge in [0.1, 0.15) is 18.5 Å². The van der Waals surface area contributed by atoms with Gasteiger partial charge in [-0.05, 0) is 26.7 Å². The van der Waals surface area contributed by atoms with E-state index in [9.17, 15) is 57.5 Å². The van der Waals surface area contributed by atoms with Gasteiger partial charge in [0.2, 0.25) is 0 Å². The smallest absolute Gasteiger partial charge is 0.303 e. The third kappa shape index (κ3) is 43.4. The van der Waals surface area contributed by atoms with E-state index in [1.165, 1.54) is 20.8 Å². The summed E-state index contributed by atoms with van der Waals surface area (Å²) in [6.07, 6.45) is -1.35. The molecule has 0 radical (unpaired) electrons. The Balaban J connectivity index is -0.000000162. The van der Waals surface area contributed by atoms with Crippen molar-refractivity contribution >= 4 is 70.0 Å². The summed E-state index contributed by atoms with van der Waals surface area (Å²) in [4.78, 5) is 123. The molecule has 0 aliphatic rings. The molecule has 0 aromatic carbocycles. The standard InChI is InChI=1S/C7H10O4.C6H11NO3.C6H10O4.C6H8O4.C5H8O2/c1-5(9)7(11)3-2-6(10)4-8;1-4(8)5(7)2-3-6(9)10;2*1-4(7)5(8)2-3-6(9)10;1-3-5(7)4(2)6/h8H,2-4H2,1H3;5H,2-3,7H2,1H3,(H,9,10);5,8H,2-3H2,1H3,(H,9,10);2-3H2,1H3,(H,9,10);3H2,1-2H3. The van der Waals surface area contributed by atoms with Crippen LogP contribution in [0.25, 0.3) is 0 Å². The van der Waals surface area contributed by atoms with E-state index >= 15 is 0 Å². The first-order valence-electron chi connectivity index (χ1n) is 14.2. The molecule has 48 heavy (non-hydrogen) atoms.